The van der Waals surface area contributed by atoms with E-state index in [1.807, 2.05) is 54.6 Å². The van der Waals surface area contributed by atoms with Crippen LogP contribution in [0.3, 0.4) is 0 Å². The van der Waals surface area contributed by atoms with Gasteiger partial charge in [0.2, 0.25) is 5.91 Å². The number of hydrogen-bond acceptors (Lipinski definition) is 6. The van der Waals surface area contributed by atoms with Gasteiger partial charge in [-0.05, 0) is 27.8 Å². The van der Waals surface area contributed by atoms with Gasteiger partial charge in [0.1, 0.15) is 13.2 Å². The summed E-state index contributed by atoms with van der Waals surface area (Å²) < 4.78 is 10.8. The zero-order valence-corrected chi connectivity index (χ0v) is 19.2. The number of benzene rings is 3. The molecule has 1 aliphatic rings. The van der Waals surface area contributed by atoms with Crippen LogP contribution in [0.25, 0.3) is 11.1 Å². The lowest BCUT2D eigenvalue weighted by atomic mass is 9.98. The van der Waals surface area contributed by atoms with Gasteiger partial charge in [-0.1, -0.05) is 78.9 Å². The number of nitrogens with zero attached hydrogens (tertiary/aromatic N) is 1. The summed E-state index contributed by atoms with van der Waals surface area (Å²) in [5, 5.41) is 10.3. The van der Waals surface area contributed by atoms with Gasteiger partial charge in [0.25, 0.3) is 0 Å². The van der Waals surface area contributed by atoms with Crippen LogP contribution in [0, 0.1) is 0 Å². The molecule has 1 aliphatic carbocycles. The largest absolute Gasteiger partial charge is 0.459 e. The van der Waals surface area contributed by atoms with Crippen molar-refractivity contribution in [3.05, 3.63) is 95.6 Å². The van der Waals surface area contributed by atoms with Crippen molar-refractivity contribution in [3.63, 3.8) is 0 Å². The van der Waals surface area contributed by atoms with Crippen molar-refractivity contribution in [2.24, 2.45) is 5.73 Å². The lowest BCUT2D eigenvalue weighted by molar-refractivity contribution is -0.157. The molecule has 0 aliphatic heterocycles. The number of esters is 1. The minimum Gasteiger partial charge on any atom is -0.459 e. The summed E-state index contributed by atoms with van der Waals surface area (Å²) in [5.74, 6) is -2.33. The van der Waals surface area contributed by atoms with Gasteiger partial charge in [0.15, 0.2) is 12.1 Å². The monoisotopic (exact) mass is 474 g/mol. The van der Waals surface area contributed by atoms with Crippen molar-refractivity contribution in [2.75, 3.05) is 13.7 Å². The lowest BCUT2D eigenvalue weighted by Gasteiger charge is -2.28. The Morgan fingerprint density at radius 1 is 0.886 bits per heavy atom. The predicted octanol–water partition coefficient (Wildman–Crippen LogP) is 2.83. The molecular formula is C27H26N2O6. The second-order valence-electron chi connectivity index (χ2n) is 8.30. The van der Waals surface area contributed by atoms with Gasteiger partial charge in [0, 0.05) is 13.0 Å². The minimum atomic E-state index is -1.97. The van der Waals surface area contributed by atoms with Crippen LogP contribution in [-0.4, -0.2) is 53.8 Å². The molecule has 0 unspecified atom stereocenters. The van der Waals surface area contributed by atoms with Crippen LogP contribution in [-0.2, 0) is 25.7 Å². The van der Waals surface area contributed by atoms with Gasteiger partial charge in [0.05, 0.1) is 0 Å². The summed E-state index contributed by atoms with van der Waals surface area (Å²) >= 11 is 0. The molecule has 3 aromatic rings. The van der Waals surface area contributed by atoms with Crippen molar-refractivity contribution in [1.29, 1.82) is 0 Å². The first-order valence-corrected chi connectivity index (χ1v) is 11.1. The number of carbonyl (C=O) groups is 3. The summed E-state index contributed by atoms with van der Waals surface area (Å²) in [6, 6.07) is 23.0. The molecule has 8 nitrogen and oxygen atoms in total. The number of ether oxygens (including phenoxy) is 2. The van der Waals surface area contributed by atoms with Crippen LogP contribution < -0.4 is 5.73 Å². The molecule has 0 bridgehead atoms. The number of rotatable bonds is 8. The average Bonchev–Trinajstić information content (AvgIpc) is 3.20. The zero-order valence-electron chi connectivity index (χ0n) is 19.2. The molecule has 0 heterocycles. The molecule has 35 heavy (non-hydrogen) atoms. The van der Waals surface area contributed by atoms with E-state index in [4.69, 9.17) is 15.2 Å². The van der Waals surface area contributed by atoms with Crippen molar-refractivity contribution in [3.8, 4) is 11.1 Å². The maximum atomic E-state index is 12.9. The number of amides is 2. The van der Waals surface area contributed by atoms with E-state index in [-0.39, 0.29) is 19.1 Å². The topological polar surface area (TPSA) is 119 Å². The molecule has 0 spiro atoms. The Morgan fingerprint density at radius 3 is 2.00 bits per heavy atom. The van der Waals surface area contributed by atoms with Crippen molar-refractivity contribution in [1.82, 2.24) is 4.90 Å². The Morgan fingerprint density at radius 2 is 1.43 bits per heavy atom. The highest BCUT2D eigenvalue weighted by Crippen LogP contribution is 2.44. The first-order valence-electron chi connectivity index (χ1n) is 11.1. The molecule has 180 valence electrons. The van der Waals surface area contributed by atoms with Crippen LogP contribution in [0.5, 0.6) is 0 Å². The highest BCUT2D eigenvalue weighted by atomic mass is 16.6. The molecular weight excluding hydrogens is 448 g/mol. The van der Waals surface area contributed by atoms with Crippen molar-refractivity contribution >= 4 is 18.0 Å². The van der Waals surface area contributed by atoms with Crippen LogP contribution >= 0.6 is 0 Å². The van der Waals surface area contributed by atoms with Gasteiger partial charge in [-0.15, -0.1) is 0 Å². The molecule has 0 fully saturated rings. The van der Waals surface area contributed by atoms with Gasteiger partial charge in [-0.2, -0.15) is 0 Å². The highest BCUT2D eigenvalue weighted by Gasteiger charge is 2.39. The van der Waals surface area contributed by atoms with Crippen LogP contribution in [0.1, 0.15) is 22.6 Å². The number of aliphatic hydroxyl groups excluding tert-OH is 1. The van der Waals surface area contributed by atoms with Crippen LogP contribution in [0.15, 0.2) is 78.9 Å². The number of nitrogens with two attached hydrogens (primary N) is 1. The summed E-state index contributed by atoms with van der Waals surface area (Å²) in [5.41, 5.74) is 10.1. The molecule has 0 aromatic heterocycles. The van der Waals surface area contributed by atoms with Gasteiger partial charge in [-0.25, -0.2) is 9.59 Å². The summed E-state index contributed by atoms with van der Waals surface area (Å²) in [6.07, 6.45) is -2.86. The van der Waals surface area contributed by atoms with E-state index in [0.29, 0.717) is 5.56 Å². The molecule has 2 amide bonds. The third kappa shape index (κ3) is 5.02. The third-order valence-electron chi connectivity index (χ3n) is 6.10. The van der Waals surface area contributed by atoms with E-state index in [1.165, 1.54) is 7.05 Å². The van der Waals surface area contributed by atoms with Crippen LogP contribution in [0.4, 0.5) is 4.79 Å². The highest BCUT2D eigenvalue weighted by molar-refractivity contribution is 5.90. The molecule has 3 N–H and O–H groups in total. The fourth-order valence-electron chi connectivity index (χ4n) is 4.28. The second kappa shape index (κ2) is 10.4. The Bertz CT molecular complexity index is 1180. The molecule has 3 aromatic carbocycles. The molecule has 0 radical (unpaired) electrons. The first-order chi connectivity index (χ1) is 16.9. The molecule has 0 saturated carbocycles. The van der Waals surface area contributed by atoms with Gasteiger partial charge >= 0.3 is 12.1 Å². The number of fused-ring (bicyclic) bond motifs is 3. The third-order valence-corrected chi connectivity index (χ3v) is 6.10. The van der Waals surface area contributed by atoms with E-state index >= 15 is 0 Å². The predicted molar refractivity (Wildman–Crippen MR) is 128 cm³/mol. The zero-order chi connectivity index (χ0) is 24.9. The van der Waals surface area contributed by atoms with Gasteiger partial charge < -0.3 is 20.3 Å². The van der Waals surface area contributed by atoms with E-state index in [0.717, 1.165) is 27.2 Å². The smallest absolute Gasteiger partial charge is 0.410 e. The number of likely N-dealkylation sites (N-methyl/N-ethyl adjacent to an activating group) is 1. The maximum Gasteiger partial charge on any atom is 0.410 e. The van der Waals surface area contributed by atoms with Crippen molar-refractivity contribution in [2.45, 2.75) is 24.7 Å². The fourth-order valence-corrected chi connectivity index (χ4v) is 4.28. The Labute approximate surface area is 202 Å². The van der Waals surface area contributed by atoms with Crippen LogP contribution in [0.2, 0.25) is 0 Å². The summed E-state index contributed by atoms with van der Waals surface area (Å²) in [6.45, 7) is -0.0875. The molecule has 8 heteroatoms. The number of hydrogen-bond donors (Lipinski definition) is 2. The Kier molecular flexibility index (Phi) is 7.12. The van der Waals surface area contributed by atoms with E-state index < -0.39 is 30.1 Å². The Balaban J connectivity index is 1.47. The summed E-state index contributed by atoms with van der Waals surface area (Å²) in [7, 11) is 1.25. The summed E-state index contributed by atoms with van der Waals surface area (Å²) in [4.78, 5) is 38.2. The van der Waals surface area contributed by atoms with E-state index in [2.05, 4.69) is 0 Å². The fraction of sp³-hybridized carbons (Fsp3) is 0.222. The lowest BCUT2D eigenvalue weighted by Crippen LogP contribution is -2.55. The normalized spacial score (nSPS) is 13.8. The molecule has 4 rings (SSSR count). The minimum absolute atomic E-state index is 0.00957. The molecule has 0 saturated heterocycles. The van der Waals surface area contributed by atoms with Gasteiger partial charge in [-0.3, -0.25) is 9.69 Å². The second-order valence-corrected chi connectivity index (χ2v) is 8.30. The SMILES string of the molecule is CN(C(=O)OCC1c2ccccc2-c2ccccc21)[C@H](C(=O)OCc1ccccc1)[C@@H](O)C(N)=O. The number of primary amides is 1. The van der Waals surface area contributed by atoms with E-state index in [1.54, 1.807) is 24.3 Å². The van der Waals surface area contributed by atoms with E-state index in [9.17, 15) is 19.5 Å². The number of aliphatic hydroxyl groups is 1. The maximum absolute atomic E-state index is 12.9. The first kappa shape index (κ1) is 24.0. The Hall–Kier alpha value is -4.17. The standard InChI is InChI=1S/C27H26N2O6/c1-29(23(24(30)25(28)31)26(32)34-15-17-9-3-2-4-10-17)27(33)35-16-22-20-13-7-5-11-18(20)19-12-6-8-14-21(19)22/h2-14,22-24,30H,15-16H2,1H3,(H2,28,31)/t23-,24+/m0/s1. The number of carbonyl (C=O) groups excluding carboxylic acids is 3. The molecule has 2 atom stereocenters. The van der Waals surface area contributed by atoms with Crippen molar-refractivity contribution < 1.29 is 29.0 Å². The quantitative estimate of drug-likeness (QED) is 0.485. The average molecular weight is 475 g/mol.